The number of nitrogens with one attached hydrogen (secondary N) is 1. The Hall–Kier alpha value is -1.19. The molecule has 6 heteroatoms. The Morgan fingerprint density at radius 2 is 2.29 bits per heavy atom. The van der Waals surface area contributed by atoms with Crippen molar-refractivity contribution in [1.82, 2.24) is 4.98 Å². The third-order valence-corrected chi connectivity index (χ3v) is 3.59. The van der Waals surface area contributed by atoms with Crippen molar-refractivity contribution in [3.8, 4) is 11.9 Å². The minimum atomic E-state index is 0.103. The highest BCUT2D eigenvalue weighted by atomic mass is 32.1. The molecule has 0 aliphatic heterocycles. The van der Waals surface area contributed by atoms with E-state index in [4.69, 9.17) is 17.5 Å². The molecule has 92 valence electrons. The van der Waals surface area contributed by atoms with Crippen LogP contribution in [0.2, 0.25) is 0 Å². The maximum atomic E-state index is 9.55. The van der Waals surface area contributed by atoms with Gasteiger partial charge in [-0.2, -0.15) is 5.26 Å². The van der Waals surface area contributed by atoms with Crippen molar-refractivity contribution < 1.29 is 5.11 Å². The summed E-state index contributed by atoms with van der Waals surface area (Å²) in [4.78, 5) is 7.78. The molecule has 0 saturated heterocycles. The zero-order valence-electron chi connectivity index (χ0n) is 9.69. The average molecular weight is 269 g/mol. The first-order chi connectivity index (χ1) is 8.15. The summed E-state index contributed by atoms with van der Waals surface area (Å²) in [5, 5.41) is 17.9. The number of aliphatic imine (C=N–C) groups is 1. The molecule has 4 nitrogen and oxygen atoms in total. The zero-order chi connectivity index (χ0) is 12.7. The molecular weight excluding hydrogens is 254 g/mol. The predicted octanol–water partition coefficient (Wildman–Crippen LogP) is 3.40. The molecule has 17 heavy (non-hydrogen) atoms. The molecule has 0 fully saturated rings. The van der Waals surface area contributed by atoms with E-state index in [1.54, 1.807) is 0 Å². The van der Waals surface area contributed by atoms with Crippen LogP contribution in [0.15, 0.2) is 4.99 Å². The van der Waals surface area contributed by atoms with Crippen LogP contribution in [-0.4, -0.2) is 22.3 Å². The number of hydrogen-bond donors (Lipinski definition) is 2. The Balaban J connectivity index is 2.42. The van der Waals surface area contributed by atoms with Gasteiger partial charge in [0.05, 0.1) is 11.8 Å². The van der Waals surface area contributed by atoms with Crippen molar-refractivity contribution in [2.75, 3.05) is 6.54 Å². The van der Waals surface area contributed by atoms with Gasteiger partial charge in [0.25, 0.3) is 0 Å². The van der Waals surface area contributed by atoms with Gasteiger partial charge in [0.1, 0.15) is 4.88 Å². The number of nitriles is 1. The van der Waals surface area contributed by atoms with Crippen molar-refractivity contribution in [3.05, 3.63) is 8.83 Å². The van der Waals surface area contributed by atoms with E-state index in [9.17, 15) is 5.11 Å². The maximum absolute atomic E-state index is 9.55. The number of unbranched alkanes of at least 4 members (excludes halogenated alkanes) is 3. The smallest absolute Gasteiger partial charge is 0.209 e. The highest BCUT2D eigenvalue weighted by molar-refractivity contribution is 7.73. The minimum absolute atomic E-state index is 0.103. The molecule has 0 saturated carbocycles. The van der Waals surface area contributed by atoms with Gasteiger partial charge >= 0.3 is 0 Å². The summed E-state index contributed by atoms with van der Waals surface area (Å²) in [6.07, 6.45) is 3.52. The van der Waals surface area contributed by atoms with Crippen LogP contribution in [0, 0.1) is 15.3 Å². The summed E-state index contributed by atoms with van der Waals surface area (Å²) in [6, 6.07) is 2.12. The zero-order valence-corrected chi connectivity index (χ0v) is 11.3. The molecule has 0 aliphatic rings. The molecule has 1 rings (SSSR count). The lowest BCUT2D eigenvalue weighted by molar-refractivity contribution is 0.456. The topological polar surface area (TPSA) is 72.2 Å². The van der Waals surface area contributed by atoms with E-state index in [1.165, 1.54) is 11.3 Å². The summed E-state index contributed by atoms with van der Waals surface area (Å²) >= 11 is 6.27. The molecule has 0 radical (unpaired) electrons. The molecule has 1 aromatic heterocycles. The van der Waals surface area contributed by atoms with Gasteiger partial charge in [-0.1, -0.05) is 17.8 Å². The third kappa shape index (κ3) is 4.67. The number of thiazole rings is 1. The van der Waals surface area contributed by atoms with Gasteiger partial charge in [-0.25, -0.2) is 0 Å². The number of aromatic hydroxyl groups is 1. The number of aromatic nitrogens is 1. The van der Waals surface area contributed by atoms with Gasteiger partial charge in [0.2, 0.25) is 5.88 Å². The van der Waals surface area contributed by atoms with Crippen molar-refractivity contribution in [1.29, 1.82) is 5.26 Å². The van der Waals surface area contributed by atoms with E-state index in [2.05, 4.69) is 16.0 Å². The second kappa shape index (κ2) is 7.20. The Bertz CT molecular complexity index is 482. The standard InChI is InChI=1S/C11H15N3OS2/c1-8(9-10(15)14-11(16)17-9)13-7-5-3-2-4-6-12/h15H,2-5,7H2,1H3,(H,14,16). The van der Waals surface area contributed by atoms with E-state index in [1.807, 2.05) is 6.92 Å². The average Bonchev–Trinajstić information content (AvgIpc) is 2.62. The van der Waals surface area contributed by atoms with Crippen LogP contribution in [0.3, 0.4) is 0 Å². The van der Waals surface area contributed by atoms with Crippen LogP contribution in [0.1, 0.15) is 37.5 Å². The van der Waals surface area contributed by atoms with Crippen LogP contribution in [0.5, 0.6) is 5.88 Å². The first kappa shape index (κ1) is 13.9. The molecule has 1 heterocycles. The number of H-pyrrole nitrogens is 1. The van der Waals surface area contributed by atoms with E-state index < -0.39 is 0 Å². The van der Waals surface area contributed by atoms with Gasteiger partial charge in [0, 0.05) is 13.0 Å². The summed E-state index contributed by atoms with van der Waals surface area (Å²) in [5.74, 6) is 0.103. The number of nitrogens with zero attached hydrogens (tertiary/aromatic N) is 2. The van der Waals surface area contributed by atoms with E-state index in [-0.39, 0.29) is 5.88 Å². The van der Waals surface area contributed by atoms with E-state index in [0.29, 0.717) is 15.3 Å². The van der Waals surface area contributed by atoms with Crippen molar-refractivity contribution in [3.63, 3.8) is 0 Å². The first-order valence-corrected chi connectivity index (χ1v) is 6.68. The highest BCUT2D eigenvalue weighted by Gasteiger charge is 2.07. The second-order valence-electron chi connectivity index (χ2n) is 3.63. The van der Waals surface area contributed by atoms with Crippen LogP contribution in [-0.2, 0) is 0 Å². The molecule has 0 aliphatic carbocycles. The molecular formula is C11H15N3OS2. The molecule has 1 aromatic rings. The van der Waals surface area contributed by atoms with Crippen molar-refractivity contribution >= 4 is 29.3 Å². The minimum Gasteiger partial charge on any atom is -0.493 e. The summed E-state index contributed by atoms with van der Waals surface area (Å²) in [6.45, 7) is 2.59. The first-order valence-electron chi connectivity index (χ1n) is 5.45. The van der Waals surface area contributed by atoms with Gasteiger partial charge < -0.3 is 10.1 Å². The lowest BCUT2D eigenvalue weighted by Crippen LogP contribution is -1.94. The number of rotatable bonds is 6. The second-order valence-corrected chi connectivity index (χ2v) is 5.32. The fraction of sp³-hybridized carbons (Fsp3) is 0.545. The quantitative estimate of drug-likeness (QED) is 0.472. The lowest BCUT2D eigenvalue weighted by atomic mass is 10.2. The Labute approximate surface area is 110 Å². The van der Waals surface area contributed by atoms with Crippen LogP contribution in [0.25, 0.3) is 0 Å². The molecule has 0 aromatic carbocycles. The predicted molar refractivity (Wildman–Crippen MR) is 72.3 cm³/mol. The molecule has 0 atom stereocenters. The fourth-order valence-electron chi connectivity index (χ4n) is 1.38. The molecule has 0 unspecified atom stereocenters. The molecule has 2 N–H and O–H groups in total. The molecule has 0 spiro atoms. The van der Waals surface area contributed by atoms with E-state index in [0.717, 1.165) is 31.5 Å². The normalized spacial score (nSPS) is 11.4. The summed E-state index contributed by atoms with van der Waals surface area (Å²) < 4.78 is 0.557. The van der Waals surface area contributed by atoms with Crippen molar-refractivity contribution in [2.45, 2.75) is 32.6 Å². The SMILES string of the molecule is CC(=NCCCCCC#N)c1sc(=S)[nH]c1O. The Morgan fingerprint density at radius 3 is 2.88 bits per heavy atom. The van der Waals surface area contributed by atoms with Crippen molar-refractivity contribution in [2.24, 2.45) is 4.99 Å². The van der Waals surface area contributed by atoms with E-state index >= 15 is 0 Å². The largest absolute Gasteiger partial charge is 0.493 e. The Kier molecular flexibility index (Phi) is 5.87. The Morgan fingerprint density at radius 1 is 1.53 bits per heavy atom. The van der Waals surface area contributed by atoms with Gasteiger partial charge in [-0.05, 0) is 32.0 Å². The maximum Gasteiger partial charge on any atom is 0.209 e. The fourth-order valence-corrected chi connectivity index (χ4v) is 2.42. The van der Waals surface area contributed by atoms with Crippen LogP contribution < -0.4 is 0 Å². The van der Waals surface area contributed by atoms with Gasteiger partial charge in [0.15, 0.2) is 3.95 Å². The van der Waals surface area contributed by atoms with Gasteiger partial charge in [-0.15, -0.1) is 0 Å². The number of hydrogen-bond acceptors (Lipinski definition) is 5. The third-order valence-electron chi connectivity index (χ3n) is 2.25. The molecule has 0 amide bonds. The monoisotopic (exact) mass is 269 g/mol. The van der Waals surface area contributed by atoms with Crippen LogP contribution >= 0.6 is 23.6 Å². The molecule has 0 bridgehead atoms. The number of aromatic amines is 1. The lowest BCUT2D eigenvalue weighted by Gasteiger charge is -1.98. The highest BCUT2D eigenvalue weighted by Crippen LogP contribution is 2.22. The van der Waals surface area contributed by atoms with Crippen LogP contribution in [0.4, 0.5) is 0 Å². The summed E-state index contributed by atoms with van der Waals surface area (Å²) in [7, 11) is 0. The van der Waals surface area contributed by atoms with Gasteiger partial charge in [-0.3, -0.25) is 4.99 Å². The summed E-state index contributed by atoms with van der Waals surface area (Å²) in [5.41, 5.74) is 0.806.